The van der Waals surface area contributed by atoms with Crippen molar-refractivity contribution in [3.63, 3.8) is 0 Å². The average molecular weight is 544 g/mol. The summed E-state index contributed by atoms with van der Waals surface area (Å²) in [5.41, 5.74) is -0.932. The lowest BCUT2D eigenvalue weighted by molar-refractivity contribution is -0.212. The molecule has 3 heterocycles. The number of aliphatic hydroxyl groups is 2. The zero-order valence-electron chi connectivity index (χ0n) is 20.3. The van der Waals surface area contributed by atoms with Crippen LogP contribution in [0.5, 0.6) is 0 Å². The number of rotatable bonds is 7. The fraction of sp³-hybridized carbons (Fsp3) is 0.565. The van der Waals surface area contributed by atoms with Crippen molar-refractivity contribution in [1.82, 2.24) is 30.0 Å². The smallest absolute Gasteiger partial charge is 0.252 e. The summed E-state index contributed by atoms with van der Waals surface area (Å²) in [5.74, 6) is -7.22. The largest absolute Gasteiger partial charge is 0.394 e. The zero-order chi connectivity index (χ0) is 27.4. The Balaban J connectivity index is 1.41. The lowest BCUT2D eigenvalue weighted by Gasteiger charge is -2.44. The minimum absolute atomic E-state index is 0.0874. The second-order valence-electron chi connectivity index (χ2n) is 9.95. The molecular formula is C23H25F5N6O4. The highest BCUT2D eigenvalue weighted by atomic mass is 19.3. The van der Waals surface area contributed by atoms with E-state index < -0.39 is 66.0 Å². The maximum atomic E-state index is 14.3. The van der Waals surface area contributed by atoms with Gasteiger partial charge in [0, 0.05) is 38.1 Å². The van der Waals surface area contributed by atoms with Crippen molar-refractivity contribution in [2.75, 3.05) is 13.7 Å². The average Bonchev–Trinajstić information content (AvgIpc) is 3.52. The van der Waals surface area contributed by atoms with Crippen LogP contribution in [0.4, 0.5) is 22.0 Å². The minimum atomic E-state index is -2.76. The van der Waals surface area contributed by atoms with Crippen LogP contribution in [0, 0.1) is 17.5 Å². The molecule has 0 spiro atoms. The highest BCUT2D eigenvalue weighted by molar-refractivity contribution is 5.58. The van der Waals surface area contributed by atoms with Gasteiger partial charge in [-0.05, 0) is 19.1 Å². The summed E-state index contributed by atoms with van der Waals surface area (Å²) < 4.78 is 82.5. The van der Waals surface area contributed by atoms with Gasteiger partial charge >= 0.3 is 0 Å². The topological polar surface area (TPSA) is 120 Å². The predicted molar refractivity (Wildman–Crippen MR) is 118 cm³/mol. The van der Waals surface area contributed by atoms with Crippen LogP contribution in [0.15, 0.2) is 24.5 Å². The summed E-state index contributed by atoms with van der Waals surface area (Å²) in [5, 5.41) is 36.6. The number of aromatic nitrogens is 6. The van der Waals surface area contributed by atoms with Gasteiger partial charge in [-0.1, -0.05) is 10.4 Å². The van der Waals surface area contributed by atoms with Gasteiger partial charge in [-0.15, -0.1) is 10.2 Å². The first kappa shape index (κ1) is 26.6. The number of halogens is 5. The molecule has 1 saturated heterocycles. The zero-order valence-corrected chi connectivity index (χ0v) is 20.3. The minimum Gasteiger partial charge on any atom is -0.394 e. The van der Waals surface area contributed by atoms with Gasteiger partial charge in [-0.2, -0.15) is 0 Å². The van der Waals surface area contributed by atoms with Crippen molar-refractivity contribution < 1.29 is 41.6 Å². The molecule has 1 saturated carbocycles. The van der Waals surface area contributed by atoms with Gasteiger partial charge in [-0.3, -0.25) is 0 Å². The summed E-state index contributed by atoms with van der Waals surface area (Å²) in [6.07, 6.45) is -2.00. The van der Waals surface area contributed by atoms with Gasteiger partial charge in [0.15, 0.2) is 17.5 Å². The summed E-state index contributed by atoms with van der Waals surface area (Å²) in [4.78, 5) is 0. The molecule has 38 heavy (non-hydrogen) atoms. The Morgan fingerprint density at radius 1 is 1.08 bits per heavy atom. The van der Waals surface area contributed by atoms with E-state index in [2.05, 4.69) is 20.6 Å². The van der Waals surface area contributed by atoms with Crippen LogP contribution in [0.25, 0.3) is 11.3 Å². The molecule has 2 N–H and O–H groups in total. The fourth-order valence-electron chi connectivity index (χ4n) is 5.29. The molecule has 206 valence electrons. The highest BCUT2D eigenvalue weighted by Gasteiger charge is 2.55. The first-order chi connectivity index (χ1) is 18.0. The molecule has 15 heteroatoms. The van der Waals surface area contributed by atoms with Crippen LogP contribution in [0.1, 0.15) is 31.5 Å². The number of nitrogens with zero attached hydrogens (tertiary/aromatic N) is 6. The van der Waals surface area contributed by atoms with E-state index in [-0.39, 0.29) is 30.5 Å². The number of benzene rings is 1. The van der Waals surface area contributed by atoms with Crippen LogP contribution in [0.3, 0.4) is 0 Å². The maximum absolute atomic E-state index is 14.3. The molecule has 0 amide bonds. The van der Waals surface area contributed by atoms with Crippen LogP contribution < -0.4 is 0 Å². The molecule has 1 aliphatic heterocycles. The molecule has 2 fully saturated rings. The number of ether oxygens (including phenoxy) is 2. The predicted octanol–water partition coefficient (Wildman–Crippen LogP) is 2.02. The number of hydrogen-bond acceptors (Lipinski definition) is 8. The lowest BCUT2D eigenvalue weighted by atomic mass is 9.75. The van der Waals surface area contributed by atoms with Crippen molar-refractivity contribution >= 4 is 0 Å². The summed E-state index contributed by atoms with van der Waals surface area (Å²) in [7, 11) is 1.36. The molecule has 0 unspecified atom stereocenters. The number of methoxy groups -OCH3 is 1. The van der Waals surface area contributed by atoms with Gasteiger partial charge < -0.3 is 19.7 Å². The summed E-state index contributed by atoms with van der Waals surface area (Å²) in [6.45, 7) is 1.09. The molecule has 5 rings (SSSR count). The van der Waals surface area contributed by atoms with Crippen molar-refractivity contribution in [2.24, 2.45) is 0 Å². The maximum Gasteiger partial charge on any atom is 0.252 e. The Labute approximate surface area is 213 Å². The van der Waals surface area contributed by atoms with E-state index in [1.54, 1.807) is 13.1 Å². The first-order valence-electron chi connectivity index (χ1n) is 11.8. The quantitative estimate of drug-likeness (QED) is 0.343. The van der Waals surface area contributed by atoms with Crippen LogP contribution in [-0.4, -0.2) is 84.3 Å². The van der Waals surface area contributed by atoms with Gasteiger partial charge in [0.25, 0.3) is 5.92 Å². The number of aliphatic hydroxyl groups excluding tert-OH is 2. The number of hydrogen-bond donors (Lipinski definition) is 2. The molecule has 5 atom stereocenters. The molecule has 1 aromatic carbocycles. The van der Waals surface area contributed by atoms with Gasteiger partial charge in [-0.25, -0.2) is 31.3 Å². The van der Waals surface area contributed by atoms with E-state index in [0.29, 0.717) is 5.69 Å². The molecule has 0 radical (unpaired) electrons. The van der Waals surface area contributed by atoms with Crippen molar-refractivity contribution in [2.45, 2.75) is 68.1 Å². The molecule has 1 aliphatic carbocycles. The molecule has 3 aromatic rings. The monoisotopic (exact) mass is 544 g/mol. The van der Waals surface area contributed by atoms with E-state index in [1.807, 2.05) is 0 Å². The molecule has 10 nitrogen and oxygen atoms in total. The van der Waals surface area contributed by atoms with Gasteiger partial charge in [0.05, 0.1) is 30.1 Å². The molecule has 0 bridgehead atoms. The third-order valence-corrected chi connectivity index (χ3v) is 7.15. The Kier molecular flexibility index (Phi) is 6.74. The summed E-state index contributed by atoms with van der Waals surface area (Å²) in [6, 6.07) is 0.769. The standard InChI is InChI=1S/C23H25F5N6O4/c1-22(9-23(27,28)10-22)34-6-11(29-32-34)5-15-21(37-2)19(20(36)16(8-35)38-15)33-7-14(30-31-33)12-3-4-13(24)18(26)17(12)25/h3-4,6-7,15-16,19-21,35-36H,5,8-10H2,1-2H3/t15-,16-,19+,20+,21+/m1/s1. The Morgan fingerprint density at radius 3 is 2.47 bits per heavy atom. The fourth-order valence-corrected chi connectivity index (χ4v) is 5.29. The molecule has 2 aliphatic rings. The van der Waals surface area contributed by atoms with Gasteiger partial charge in [0.1, 0.15) is 30.0 Å². The Morgan fingerprint density at radius 2 is 1.82 bits per heavy atom. The molecular weight excluding hydrogens is 519 g/mol. The second kappa shape index (κ2) is 9.63. The number of alkyl halides is 2. The SMILES string of the molecule is CO[C@@H]1[C@@H](n2cc(-c3ccc(F)c(F)c3F)nn2)[C@@H](O)[C@@H](CO)O[C@@H]1Cc1cn(C2(C)CC(F)(F)C2)nn1. The summed E-state index contributed by atoms with van der Waals surface area (Å²) >= 11 is 0. The Hall–Kier alpha value is -3.01. The first-order valence-corrected chi connectivity index (χ1v) is 11.8. The second-order valence-corrected chi connectivity index (χ2v) is 9.95. The third kappa shape index (κ3) is 4.57. The van der Waals surface area contributed by atoms with Crippen LogP contribution >= 0.6 is 0 Å². The van der Waals surface area contributed by atoms with E-state index in [4.69, 9.17) is 9.47 Å². The third-order valence-electron chi connectivity index (χ3n) is 7.15. The van der Waals surface area contributed by atoms with Crippen LogP contribution in [-0.2, 0) is 21.4 Å². The van der Waals surface area contributed by atoms with Crippen molar-refractivity contribution in [3.8, 4) is 11.3 Å². The molecule has 2 aromatic heterocycles. The van der Waals surface area contributed by atoms with Crippen LogP contribution in [0.2, 0.25) is 0 Å². The lowest BCUT2D eigenvalue weighted by Crippen LogP contribution is -2.57. The van der Waals surface area contributed by atoms with Gasteiger partial charge in [0.2, 0.25) is 0 Å². The van der Waals surface area contributed by atoms with E-state index in [9.17, 15) is 32.2 Å². The van der Waals surface area contributed by atoms with E-state index >= 15 is 0 Å². The Bertz CT molecular complexity index is 1310. The van der Waals surface area contributed by atoms with Crippen molar-refractivity contribution in [1.29, 1.82) is 0 Å². The van der Waals surface area contributed by atoms with E-state index in [1.165, 1.54) is 22.7 Å². The van der Waals surface area contributed by atoms with Crippen molar-refractivity contribution in [3.05, 3.63) is 47.7 Å². The van der Waals surface area contributed by atoms with E-state index in [0.717, 1.165) is 12.1 Å². The highest BCUT2D eigenvalue weighted by Crippen LogP contribution is 2.49. The normalized spacial score (nSPS) is 28.3.